The minimum absolute atomic E-state index is 0.0875. The van der Waals surface area contributed by atoms with E-state index in [0.29, 0.717) is 43.4 Å². The SMILES string of the molecule is O=C(NCCCOc1ccccc1Cl)N(Cc1ccccc1)Cc1ccccc1. The van der Waals surface area contributed by atoms with Gasteiger partial charge in [-0.25, -0.2) is 4.79 Å². The van der Waals surface area contributed by atoms with E-state index < -0.39 is 0 Å². The second kappa shape index (κ2) is 11.1. The lowest BCUT2D eigenvalue weighted by Crippen LogP contribution is -2.39. The van der Waals surface area contributed by atoms with Crippen molar-refractivity contribution in [1.82, 2.24) is 10.2 Å². The van der Waals surface area contributed by atoms with Crippen LogP contribution in [0.3, 0.4) is 0 Å². The fourth-order valence-electron chi connectivity index (χ4n) is 2.93. The number of carbonyl (C=O) groups excluding carboxylic acids is 1. The molecule has 0 saturated carbocycles. The number of benzene rings is 3. The van der Waals surface area contributed by atoms with Gasteiger partial charge in [-0.15, -0.1) is 0 Å². The molecule has 4 nitrogen and oxygen atoms in total. The Morgan fingerprint density at radius 3 is 1.97 bits per heavy atom. The van der Waals surface area contributed by atoms with Gasteiger partial charge in [-0.05, 0) is 29.7 Å². The van der Waals surface area contributed by atoms with E-state index in [1.54, 1.807) is 6.07 Å². The van der Waals surface area contributed by atoms with E-state index in [1.165, 1.54) is 0 Å². The lowest BCUT2D eigenvalue weighted by atomic mass is 10.2. The number of urea groups is 1. The Kier molecular flexibility index (Phi) is 7.96. The molecular weight excluding hydrogens is 384 g/mol. The molecule has 0 radical (unpaired) electrons. The highest BCUT2D eigenvalue weighted by molar-refractivity contribution is 6.32. The number of hydrogen-bond donors (Lipinski definition) is 1. The summed E-state index contributed by atoms with van der Waals surface area (Å²) in [5, 5.41) is 3.59. The van der Waals surface area contributed by atoms with E-state index >= 15 is 0 Å². The molecule has 0 aromatic heterocycles. The molecule has 0 unspecified atom stereocenters. The first kappa shape index (κ1) is 20.7. The number of para-hydroxylation sites is 1. The average Bonchev–Trinajstić information content (AvgIpc) is 2.75. The first-order chi connectivity index (χ1) is 14.2. The maximum Gasteiger partial charge on any atom is 0.318 e. The van der Waals surface area contributed by atoms with Gasteiger partial charge < -0.3 is 15.0 Å². The molecule has 0 aliphatic heterocycles. The molecule has 0 heterocycles. The smallest absolute Gasteiger partial charge is 0.318 e. The van der Waals surface area contributed by atoms with Gasteiger partial charge in [-0.3, -0.25) is 0 Å². The van der Waals surface area contributed by atoms with Crippen LogP contribution in [0, 0.1) is 0 Å². The van der Waals surface area contributed by atoms with E-state index in [2.05, 4.69) is 5.32 Å². The molecule has 0 bridgehead atoms. The minimum Gasteiger partial charge on any atom is -0.492 e. The molecule has 2 amide bonds. The number of hydrogen-bond acceptors (Lipinski definition) is 2. The summed E-state index contributed by atoms with van der Waals surface area (Å²) in [6.07, 6.45) is 0.696. The third kappa shape index (κ3) is 6.84. The van der Waals surface area contributed by atoms with Crippen LogP contribution in [0.15, 0.2) is 84.9 Å². The van der Waals surface area contributed by atoms with E-state index in [1.807, 2.05) is 83.8 Å². The maximum absolute atomic E-state index is 12.8. The Morgan fingerprint density at radius 1 is 0.828 bits per heavy atom. The summed E-state index contributed by atoms with van der Waals surface area (Å²) >= 11 is 6.08. The number of ether oxygens (including phenoxy) is 1. The Bertz CT molecular complexity index is 846. The van der Waals surface area contributed by atoms with E-state index in [-0.39, 0.29) is 6.03 Å². The van der Waals surface area contributed by atoms with Crippen molar-refractivity contribution in [3.8, 4) is 5.75 Å². The fourth-order valence-corrected chi connectivity index (χ4v) is 3.12. The Labute approximate surface area is 177 Å². The molecule has 0 aliphatic rings. The predicted octanol–water partition coefficient (Wildman–Crippen LogP) is 5.52. The van der Waals surface area contributed by atoms with Gasteiger partial charge in [0.1, 0.15) is 5.75 Å². The molecule has 3 aromatic rings. The molecule has 0 saturated heterocycles. The highest BCUT2D eigenvalue weighted by Crippen LogP contribution is 2.23. The van der Waals surface area contributed by atoms with Crippen molar-refractivity contribution in [3.05, 3.63) is 101 Å². The standard InChI is InChI=1S/C24H25ClN2O2/c25-22-14-7-8-15-23(22)29-17-9-16-26-24(28)27(18-20-10-3-1-4-11-20)19-21-12-5-2-6-13-21/h1-8,10-15H,9,16-19H2,(H,26,28). The van der Waals surface area contributed by atoms with Crippen molar-refractivity contribution in [2.75, 3.05) is 13.2 Å². The van der Waals surface area contributed by atoms with Gasteiger partial charge in [-0.2, -0.15) is 0 Å². The zero-order valence-corrected chi connectivity index (χ0v) is 17.0. The predicted molar refractivity (Wildman–Crippen MR) is 117 cm³/mol. The van der Waals surface area contributed by atoms with Crippen LogP contribution >= 0.6 is 11.6 Å². The van der Waals surface area contributed by atoms with Crippen LogP contribution in [-0.2, 0) is 13.1 Å². The zero-order chi connectivity index (χ0) is 20.3. The maximum atomic E-state index is 12.8. The molecular formula is C24H25ClN2O2. The third-order valence-electron chi connectivity index (χ3n) is 4.41. The average molecular weight is 409 g/mol. The highest BCUT2D eigenvalue weighted by atomic mass is 35.5. The number of amides is 2. The summed E-state index contributed by atoms with van der Waals surface area (Å²) in [6, 6.07) is 27.3. The topological polar surface area (TPSA) is 41.6 Å². The molecule has 3 aromatic carbocycles. The van der Waals surface area contributed by atoms with E-state index in [4.69, 9.17) is 16.3 Å². The van der Waals surface area contributed by atoms with Crippen molar-refractivity contribution in [3.63, 3.8) is 0 Å². The van der Waals surface area contributed by atoms with Gasteiger partial charge in [0.05, 0.1) is 11.6 Å². The first-order valence-electron chi connectivity index (χ1n) is 9.70. The molecule has 29 heavy (non-hydrogen) atoms. The molecule has 0 atom stereocenters. The normalized spacial score (nSPS) is 10.4. The molecule has 1 N–H and O–H groups in total. The molecule has 0 fully saturated rings. The Balaban J connectivity index is 1.51. The van der Waals surface area contributed by atoms with Crippen LogP contribution in [0.1, 0.15) is 17.5 Å². The first-order valence-corrected chi connectivity index (χ1v) is 10.1. The number of nitrogens with one attached hydrogen (secondary N) is 1. The lowest BCUT2D eigenvalue weighted by molar-refractivity contribution is 0.191. The quantitative estimate of drug-likeness (QED) is 0.473. The molecule has 5 heteroatoms. The summed E-state index contributed by atoms with van der Waals surface area (Å²) in [6.45, 7) is 2.13. The van der Waals surface area contributed by atoms with E-state index in [9.17, 15) is 4.79 Å². The van der Waals surface area contributed by atoms with Crippen LogP contribution in [0.2, 0.25) is 5.02 Å². The van der Waals surface area contributed by atoms with Crippen LogP contribution in [-0.4, -0.2) is 24.1 Å². The Hall–Kier alpha value is -2.98. The fraction of sp³-hybridized carbons (Fsp3) is 0.208. The number of nitrogens with zero attached hydrogens (tertiary/aromatic N) is 1. The van der Waals surface area contributed by atoms with Crippen molar-refractivity contribution < 1.29 is 9.53 Å². The second-order valence-electron chi connectivity index (χ2n) is 6.69. The monoisotopic (exact) mass is 408 g/mol. The largest absolute Gasteiger partial charge is 0.492 e. The van der Waals surface area contributed by atoms with E-state index in [0.717, 1.165) is 11.1 Å². The summed E-state index contributed by atoms with van der Waals surface area (Å²) < 4.78 is 5.67. The van der Waals surface area contributed by atoms with Gasteiger partial charge in [0.25, 0.3) is 0 Å². The minimum atomic E-state index is -0.0875. The van der Waals surface area contributed by atoms with Gasteiger partial charge in [-0.1, -0.05) is 84.4 Å². The summed E-state index contributed by atoms with van der Waals surface area (Å²) in [7, 11) is 0. The van der Waals surface area contributed by atoms with Gasteiger partial charge >= 0.3 is 6.03 Å². The molecule has 0 spiro atoms. The molecule has 150 valence electrons. The Morgan fingerprint density at radius 2 is 1.38 bits per heavy atom. The van der Waals surface area contributed by atoms with Crippen LogP contribution in [0.25, 0.3) is 0 Å². The van der Waals surface area contributed by atoms with Crippen LogP contribution in [0.4, 0.5) is 4.79 Å². The van der Waals surface area contributed by atoms with Gasteiger partial charge in [0, 0.05) is 19.6 Å². The van der Waals surface area contributed by atoms with Crippen LogP contribution < -0.4 is 10.1 Å². The molecule has 3 rings (SSSR count). The van der Waals surface area contributed by atoms with Crippen molar-refractivity contribution in [2.24, 2.45) is 0 Å². The van der Waals surface area contributed by atoms with Crippen molar-refractivity contribution in [1.29, 1.82) is 0 Å². The second-order valence-corrected chi connectivity index (χ2v) is 7.10. The third-order valence-corrected chi connectivity index (χ3v) is 4.72. The number of halogens is 1. The number of rotatable bonds is 9. The summed E-state index contributed by atoms with van der Waals surface area (Å²) in [5.41, 5.74) is 2.20. The molecule has 0 aliphatic carbocycles. The van der Waals surface area contributed by atoms with Crippen molar-refractivity contribution in [2.45, 2.75) is 19.5 Å². The van der Waals surface area contributed by atoms with Crippen LogP contribution in [0.5, 0.6) is 5.75 Å². The summed E-state index contributed by atoms with van der Waals surface area (Å²) in [5.74, 6) is 0.662. The zero-order valence-electron chi connectivity index (χ0n) is 16.3. The number of carbonyl (C=O) groups is 1. The lowest BCUT2D eigenvalue weighted by Gasteiger charge is -2.23. The highest BCUT2D eigenvalue weighted by Gasteiger charge is 2.14. The van der Waals surface area contributed by atoms with Crippen molar-refractivity contribution >= 4 is 17.6 Å². The van der Waals surface area contributed by atoms with Gasteiger partial charge in [0.15, 0.2) is 0 Å². The summed E-state index contributed by atoms with van der Waals surface area (Å²) in [4.78, 5) is 14.6. The van der Waals surface area contributed by atoms with Gasteiger partial charge in [0.2, 0.25) is 0 Å².